The molecule has 116 valence electrons. The van der Waals surface area contributed by atoms with Crippen LogP contribution >= 0.6 is 0 Å². The molecule has 5 heteroatoms. The van der Waals surface area contributed by atoms with E-state index in [2.05, 4.69) is 0 Å². The van der Waals surface area contributed by atoms with E-state index >= 15 is 0 Å². The van der Waals surface area contributed by atoms with Crippen LogP contribution in [0.15, 0.2) is 30.3 Å². The van der Waals surface area contributed by atoms with Crippen LogP contribution in [0.3, 0.4) is 0 Å². The van der Waals surface area contributed by atoms with Crippen LogP contribution in [-0.2, 0) is 14.8 Å². The Morgan fingerprint density at radius 1 is 1.29 bits per heavy atom. The van der Waals surface area contributed by atoms with Crippen LogP contribution in [0.4, 0.5) is 0 Å². The Hall–Kier alpha value is -0.910. The smallest absolute Gasteiger partial charge is 0.214 e. The minimum absolute atomic E-state index is 0.0209. The van der Waals surface area contributed by atoms with Gasteiger partial charge in [0.05, 0.1) is 12.4 Å². The monoisotopic (exact) mass is 309 g/mol. The van der Waals surface area contributed by atoms with Gasteiger partial charge in [-0.2, -0.15) is 0 Å². The number of hydrogen-bond donors (Lipinski definition) is 0. The zero-order valence-electron chi connectivity index (χ0n) is 12.5. The number of benzene rings is 1. The largest absolute Gasteiger partial charge is 0.381 e. The third-order valence-electron chi connectivity index (χ3n) is 4.81. The highest BCUT2D eigenvalue weighted by Gasteiger charge is 2.45. The van der Waals surface area contributed by atoms with Crippen molar-refractivity contribution in [2.24, 2.45) is 5.41 Å². The van der Waals surface area contributed by atoms with Crippen LogP contribution in [-0.4, -0.2) is 44.8 Å². The molecule has 2 aliphatic rings. The van der Waals surface area contributed by atoms with Crippen molar-refractivity contribution < 1.29 is 13.2 Å². The molecule has 2 heterocycles. The summed E-state index contributed by atoms with van der Waals surface area (Å²) in [6, 6.07) is 9.86. The van der Waals surface area contributed by atoms with E-state index in [9.17, 15) is 8.42 Å². The first-order valence-electron chi connectivity index (χ1n) is 7.61. The maximum absolute atomic E-state index is 12.6. The molecule has 2 unspecified atom stereocenters. The van der Waals surface area contributed by atoms with Gasteiger partial charge in [-0.05, 0) is 24.3 Å². The normalized spacial score (nSPS) is 28.2. The summed E-state index contributed by atoms with van der Waals surface area (Å²) in [4.78, 5) is 0. The third kappa shape index (κ3) is 3.15. The molecule has 2 saturated heterocycles. The molecule has 1 spiro atoms. The van der Waals surface area contributed by atoms with E-state index in [1.54, 1.807) is 4.31 Å². The molecule has 0 saturated carbocycles. The van der Waals surface area contributed by atoms with Crippen molar-refractivity contribution in [1.82, 2.24) is 4.31 Å². The van der Waals surface area contributed by atoms with Gasteiger partial charge in [0.2, 0.25) is 10.0 Å². The number of nitrogens with zero attached hydrogens (tertiary/aromatic N) is 1. The molecule has 0 bridgehead atoms. The first-order valence-corrected chi connectivity index (χ1v) is 9.22. The molecular formula is C16H23NO3S. The third-order valence-corrected chi connectivity index (χ3v) is 6.83. The SMILES string of the molecule is CC(CS(=O)(=O)N1CCC2(CCOC2)C1)c1ccccc1. The van der Waals surface area contributed by atoms with Gasteiger partial charge in [0.1, 0.15) is 0 Å². The molecule has 0 amide bonds. The Bertz CT molecular complexity index is 579. The molecule has 21 heavy (non-hydrogen) atoms. The van der Waals surface area contributed by atoms with Gasteiger partial charge in [-0.15, -0.1) is 0 Å². The second-order valence-corrected chi connectivity index (χ2v) is 8.49. The first-order chi connectivity index (χ1) is 10.0. The average Bonchev–Trinajstić information content (AvgIpc) is 3.11. The highest BCUT2D eigenvalue weighted by Crippen LogP contribution is 2.39. The fourth-order valence-electron chi connectivity index (χ4n) is 3.40. The van der Waals surface area contributed by atoms with E-state index in [0.29, 0.717) is 19.7 Å². The number of ether oxygens (including phenoxy) is 1. The molecule has 3 rings (SSSR count). The average molecular weight is 309 g/mol. The lowest BCUT2D eigenvalue weighted by molar-refractivity contribution is 0.157. The topological polar surface area (TPSA) is 46.6 Å². The summed E-state index contributed by atoms with van der Waals surface area (Å²) in [6.45, 7) is 4.75. The molecule has 2 atom stereocenters. The van der Waals surface area contributed by atoms with Gasteiger partial charge >= 0.3 is 0 Å². The fourth-order valence-corrected chi connectivity index (χ4v) is 5.28. The highest BCUT2D eigenvalue weighted by molar-refractivity contribution is 7.89. The summed E-state index contributed by atoms with van der Waals surface area (Å²) in [7, 11) is -3.19. The zero-order chi connectivity index (χ0) is 14.9. The van der Waals surface area contributed by atoms with Crippen molar-refractivity contribution in [3.05, 3.63) is 35.9 Å². The van der Waals surface area contributed by atoms with Crippen LogP contribution in [0.5, 0.6) is 0 Å². The maximum Gasteiger partial charge on any atom is 0.214 e. The Kier molecular flexibility index (Phi) is 4.08. The number of rotatable bonds is 4. The predicted molar refractivity (Wildman–Crippen MR) is 82.7 cm³/mol. The standard InChI is InChI=1S/C16H23NO3S/c1-14(15-5-3-2-4-6-15)11-21(18,19)17-9-7-16(12-17)8-10-20-13-16/h2-6,14H,7-13H2,1H3. The van der Waals surface area contributed by atoms with Crippen LogP contribution in [0.2, 0.25) is 0 Å². The minimum atomic E-state index is -3.19. The second-order valence-electron chi connectivity index (χ2n) is 6.48. The Morgan fingerprint density at radius 2 is 2.05 bits per heavy atom. The van der Waals surface area contributed by atoms with Crippen molar-refractivity contribution in [2.45, 2.75) is 25.7 Å². The van der Waals surface area contributed by atoms with Crippen molar-refractivity contribution in [2.75, 3.05) is 32.1 Å². The lowest BCUT2D eigenvalue weighted by Crippen LogP contribution is -2.35. The van der Waals surface area contributed by atoms with E-state index in [-0.39, 0.29) is 17.1 Å². The van der Waals surface area contributed by atoms with E-state index in [1.807, 2.05) is 37.3 Å². The van der Waals surface area contributed by atoms with Gasteiger partial charge in [-0.25, -0.2) is 12.7 Å². The van der Waals surface area contributed by atoms with Crippen LogP contribution in [0, 0.1) is 5.41 Å². The van der Waals surface area contributed by atoms with Crippen LogP contribution in [0.1, 0.15) is 31.2 Å². The predicted octanol–water partition coefficient (Wildman–Crippen LogP) is 2.23. The summed E-state index contributed by atoms with van der Waals surface area (Å²) in [5.74, 6) is 0.209. The summed E-state index contributed by atoms with van der Waals surface area (Å²) in [5, 5.41) is 0. The van der Waals surface area contributed by atoms with Crippen LogP contribution in [0.25, 0.3) is 0 Å². The summed E-state index contributed by atoms with van der Waals surface area (Å²) < 4.78 is 32.4. The Morgan fingerprint density at radius 3 is 2.71 bits per heavy atom. The lowest BCUT2D eigenvalue weighted by atomic mass is 9.87. The molecule has 1 aromatic carbocycles. The fraction of sp³-hybridized carbons (Fsp3) is 0.625. The number of hydrogen-bond acceptors (Lipinski definition) is 3. The minimum Gasteiger partial charge on any atom is -0.381 e. The van der Waals surface area contributed by atoms with Gasteiger partial charge in [0.25, 0.3) is 0 Å². The number of sulfonamides is 1. The van der Waals surface area contributed by atoms with Gasteiger partial charge in [0.15, 0.2) is 0 Å². The van der Waals surface area contributed by atoms with Gasteiger partial charge < -0.3 is 4.74 Å². The Balaban J connectivity index is 1.67. The van der Waals surface area contributed by atoms with Gasteiger partial charge in [-0.3, -0.25) is 0 Å². The van der Waals surface area contributed by atoms with Crippen LogP contribution < -0.4 is 0 Å². The molecule has 2 aliphatic heterocycles. The second kappa shape index (κ2) is 5.71. The van der Waals surface area contributed by atoms with Crippen molar-refractivity contribution >= 4 is 10.0 Å². The van der Waals surface area contributed by atoms with Crippen molar-refractivity contribution in [1.29, 1.82) is 0 Å². The molecule has 2 fully saturated rings. The summed E-state index contributed by atoms with van der Waals surface area (Å²) >= 11 is 0. The van der Waals surface area contributed by atoms with Gasteiger partial charge in [0, 0.05) is 25.1 Å². The summed E-state index contributed by atoms with van der Waals surface area (Å²) in [5.41, 5.74) is 1.17. The molecule has 1 aromatic rings. The van der Waals surface area contributed by atoms with E-state index in [1.165, 1.54) is 0 Å². The quantitative estimate of drug-likeness (QED) is 0.857. The van der Waals surface area contributed by atoms with E-state index in [4.69, 9.17) is 4.74 Å². The van der Waals surface area contributed by atoms with Crippen molar-refractivity contribution in [3.63, 3.8) is 0 Å². The van der Waals surface area contributed by atoms with Crippen molar-refractivity contribution in [3.8, 4) is 0 Å². The summed E-state index contributed by atoms with van der Waals surface area (Å²) in [6.07, 6.45) is 1.93. The highest BCUT2D eigenvalue weighted by atomic mass is 32.2. The molecule has 4 nitrogen and oxygen atoms in total. The first kappa shape index (κ1) is 15.0. The Labute approximate surface area is 127 Å². The molecule has 0 aliphatic carbocycles. The molecule has 0 N–H and O–H groups in total. The van der Waals surface area contributed by atoms with E-state index < -0.39 is 10.0 Å². The zero-order valence-corrected chi connectivity index (χ0v) is 13.3. The molecular weight excluding hydrogens is 286 g/mol. The molecule has 0 aromatic heterocycles. The lowest BCUT2D eigenvalue weighted by Gasteiger charge is -2.23. The maximum atomic E-state index is 12.6. The van der Waals surface area contributed by atoms with Gasteiger partial charge in [-0.1, -0.05) is 37.3 Å². The van der Waals surface area contributed by atoms with E-state index in [0.717, 1.165) is 25.0 Å². The molecule has 0 radical (unpaired) electrons.